The second kappa shape index (κ2) is 8.20. The van der Waals surface area contributed by atoms with Gasteiger partial charge in [0.25, 0.3) is 0 Å². The van der Waals surface area contributed by atoms with Gasteiger partial charge in [-0.05, 0) is 37.5 Å². The van der Waals surface area contributed by atoms with E-state index in [9.17, 15) is 4.79 Å². The third-order valence-corrected chi connectivity index (χ3v) is 4.05. The highest BCUT2D eigenvalue weighted by molar-refractivity contribution is 5.89. The molecule has 1 aliphatic rings. The number of anilines is 1. The molecule has 0 bridgehead atoms. The van der Waals surface area contributed by atoms with Gasteiger partial charge in [-0.2, -0.15) is 5.26 Å². The summed E-state index contributed by atoms with van der Waals surface area (Å²) >= 11 is 0. The maximum absolute atomic E-state index is 12.3. The van der Waals surface area contributed by atoms with Gasteiger partial charge in [-0.1, -0.05) is 0 Å². The maximum atomic E-state index is 12.3. The molecular formula is C18H20N4O3. The number of hydrogen-bond acceptors (Lipinski definition) is 5. The zero-order valence-electron chi connectivity index (χ0n) is 13.8. The Balaban J connectivity index is 1.59. The van der Waals surface area contributed by atoms with Crippen LogP contribution in [0.4, 0.5) is 10.6 Å². The summed E-state index contributed by atoms with van der Waals surface area (Å²) in [5.41, 5.74) is 1.04. The van der Waals surface area contributed by atoms with Crippen LogP contribution in [0.5, 0.6) is 5.75 Å². The topological polar surface area (TPSA) is 100 Å². The molecule has 2 amide bonds. The molecule has 0 unspecified atom stereocenters. The Morgan fingerprint density at radius 2 is 2.40 bits per heavy atom. The summed E-state index contributed by atoms with van der Waals surface area (Å²) in [5.74, 6) is 1.79. The van der Waals surface area contributed by atoms with E-state index in [1.54, 1.807) is 24.6 Å². The van der Waals surface area contributed by atoms with Crippen LogP contribution in [-0.4, -0.2) is 17.6 Å². The molecule has 3 rings (SSSR count). The fourth-order valence-electron chi connectivity index (χ4n) is 2.87. The number of carbonyl (C=O) groups is 1. The molecule has 130 valence electrons. The van der Waals surface area contributed by atoms with Crippen molar-refractivity contribution in [3.05, 3.63) is 42.0 Å². The number of nitrogens with zero attached hydrogens (tertiary/aromatic N) is 2. The Bertz CT molecular complexity index is 766. The highest BCUT2D eigenvalue weighted by Gasteiger charge is 2.24. The van der Waals surface area contributed by atoms with Gasteiger partial charge in [-0.3, -0.25) is 5.32 Å². The van der Waals surface area contributed by atoms with Gasteiger partial charge in [0, 0.05) is 24.6 Å². The average Bonchev–Trinajstić information content (AvgIpc) is 3.10. The molecule has 0 spiro atoms. The summed E-state index contributed by atoms with van der Waals surface area (Å²) in [6.45, 7) is 0.399. The van der Waals surface area contributed by atoms with Gasteiger partial charge in [0.2, 0.25) is 0 Å². The molecule has 0 aromatic carbocycles. The molecule has 7 nitrogen and oxygen atoms in total. The van der Waals surface area contributed by atoms with Gasteiger partial charge in [0.1, 0.15) is 5.76 Å². The molecule has 1 aliphatic carbocycles. The zero-order chi connectivity index (χ0) is 17.5. The lowest BCUT2D eigenvalue weighted by atomic mass is 9.93. The van der Waals surface area contributed by atoms with E-state index in [0.29, 0.717) is 31.0 Å². The molecule has 25 heavy (non-hydrogen) atoms. The van der Waals surface area contributed by atoms with Crippen molar-refractivity contribution in [2.45, 2.75) is 38.1 Å². The summed E-state index contributed by atoms with van der Waals surface area (Å²) < 4.78 is 11.0. The van der Waals surface area contributed by atoms with Gasteiger partial charge in [0.05, 0.1) is 25.0 Å². The SMILES string of the molecule is N#CCCCOc1cccnc1NC(=O)N[C@H]1CCCc2occc21. The number of unbranched alkanes of at least 4 members (excludes halogenated alkanes) is 1. The number of ether oxygens (including phenoxy) is 1. The van der Waals surface area contributed by atoms with Crippen molar-refractivity contribution >= 4 is 11.8 Å². The molecule has 2 aromatic rings. The first-order valence-corrected chi connectivity index (χ1v) is 8.36. The number of urea groups is 1. The Kier molecular flexibility index (Phi) is 5.52. The van der Waals surface area contributed by atoms with E-state index in [1.807, 2.05) is 6.07 Å². The van der Waals surface area contributed by atoms with E-state index in [-0.39, 0.29) is 12.1 Å². The number of nitriles is 1. The first kappa shape index (κ1) is 16.8. The minimum absolute atomic E-state index is 0.0637. The molecule has 7 heteroatoms. The van der Waals surface area contributed by atoms with E-state index in [1.165, 1.54) is 0 Å². The molecule has 0 saturated heterocycles. The van der Waals surface area contributed by atoms with Crippen molar-refractivity contribution in [3.63, 3.8) is 0 Å². The predicted octanol–water partition coefficient (Wildman–Crippen LogP) is 3.56. The van der Waals surface area contributed by atoms with E-state index < -0.39 is 0 Å². The van der Waals surface area contributed by atoms with Gasteiger partial charge in [-0.15, -0.1) is 0 Å². The zero-order valence-corrected chi connectivity index (χ0v) is 13.8. The van der Waals surface area contributed by atoms with Crippen LogP contribution in [0, 0.1) is 11.3 Å². The molecule has 2 aromatic heterocycles. The lowest BCUT2D eigenvalue weighted by Crippen LogP contribution is -2.34. The first-order valence-electron chi connectivity index (χ1n) is 8.36. The number of aromatic nitrogens is 1. The summed E-state index contributed by atoms with van der Waals surface area (Å²) in [6.07, 6.45) is 7.06. The van der Waals surface area contributed by atoms with Crippen LogP contribution in [0.25, 0.3) is 0 Å². The van der Waals surface area contributed by atoms with Gasteiger partial charge in [-0.25, -0.2) is 9.78 Å². The Hall–Kier alpha value is -3.01. The number of hydrogen-bond donors (Lipinski definition) is 2. The second-order valence-corrected chi connectivity index (χ2v) is 5.80. The lowest BCUT2D eigenvalue weighted by Gasteiger charge is -2.23. The van der Waals surface area contributed by atoms with Gasteiger partial charge >= 0.3 is 6.03 Å². The number of rotatable bonds is 6. The number of furan rings is 1. The van der Waals surface area contributed by atoms with Crippen LogP contribution in [0.1, 0.15) is 43.0 Å². The number of amides is 2. The summed E-state index contributed by atoms with van der Waals surface area (Å²) in [6, 6.07) is 7.06. The molecule has 0 fully saturated rings. The van der Waals surface area contributed by atoms with Crippen LogP contribution in [0.2, 0.25) is 0 Å². The molecular weight excluding hydrogens is 320 g/mol. The average molecular weight is 340 g/mol. The summed E-state index contributed by atoms with van der Waals surface area (Å²) in [4.78, 5) is 16.5. The molecule has 2 N–H and O–H groups in total. The highest BCUT2D eigenvalue weighted by atomic mass is 16.5. The van der Waals surface area contributed by atoms with Crippen molar-refractivity contribution in [1.29, 1.82) is 5.26 Å². The number of fused-ring (bicyclic) bond motifs is 1. The largest absolute Gasteiger partial charge is 0.490 e. The fraction of sp³-hybridized carbons (Fsp3) is 0.389. The Morgan fingerprint density at radius 1 is 1.48 bits per heavy atom. The lowest BCUT2D eigenvalue weighted by molar-refractivity contribution is 0.246. The van der Waals surface area contributed by atoms with E-state index in [2.05, 4.69) is 21.7 Å². The quantitative estimate of drug-likeness (QED) is 0.783. The molecule has 0 aliphatic heterocycles. The summed E-state index contributed by atoms with van der Waals surface area (Å²) in [5, 5.41) is 14.3. The van der Waals surface area contributed by atoms with Crippen LogP contribution in [0.3, 0.4) is 0 Å². The van der Waals surface area contributed by atoms with E-state index >= 15 is 0 Å². The third-order valence-electron chi connectivity index (χ3n) is 4.05. The van der Waals surface area contributed by atoms with E-state index in [4.69, 9.17) is 14.4 Å². The van der Waals surface area contributed by atoms with Crippen molar-refractivity contribution in [3.8, 4) is 11.8 Å². The standard InChI is InChI=1S/C18H20N4O3/c19-9-1-2-11-24-16-7-4-10-20-17(16)22-18(23)21-14-5-3-6-15-13(14)8-12-25-15/h4,7-8,10,12,14H,1-3,5-6,11H2,(H2,20,21,22,23)/t14-/m0/s1. The van der Waals surface area contributed by atoms with Crippen molar-refractivity contribution < 1.29 is 13.9 Å². The Morgan fingerprint density at radius 3 is 3.28 bits per heavy atom. The van der Waals surface area contributed by atoms with Crippen LogP contribution in [-0.2, 0) is 6.42 Å². The first-order chi connectivity index (χ1) is 12.3. The normalized spacial score (nSPS) is 15.7. The number of nitrogens with one attached hydrogen (secondary N) is 2. The molecule has 2 heterocycles. The summed E-state index contributed by atoms with van der Waals surface area (Å²) in [7, 11) is 0. The van der Waals surface area contributed by atoms with Crippen LogP contribution < -0.4 is 15.4 Å². The minimum atomic E-state index is -0.334. The second-order valence-electron chi connectivity index (χ2n) is 5.80. The van der Waals surface area contributed by atoms with Gasteiger partial charge < -0.3 is 14.5 Å². The number of carbonyl (C=O) groups excluding carboxylic acids is 1. The number of aryl methyl sites for hydroxylation is 1. The maximum Gasteiger partial charge on any atom is 0.320 e. The smallest absolute Gasteiger partial charge is 0.320 e. The third kappa shape index (κ3) is 4.29. The molecule has 0 radical (unpaired) electrons. The van der Waals surface area contributed by atoms with Crippen molar-refractivity contribution in [2.75, 3.05) is 11.9 Å². The monoisotopic (exact) mass is 340 g/mol. The van der Waals surface area contributed by atoms with Crippen LogP contribution >= 0.6 is 0 Å². The highest BCUT2D eigenvalue weighted by Crippen LogP contribution is 2.30. The van der Waals surface area contributed by atoms with Crippen molar-refractivity contribution in [2.24, 2.45) is 0 Å². The molecule has 0 saturated carbocycles. The van der Waals surface area contributed by atoms with Gasteiger partial charge in [0.15, 0.2) is 11.6 Å². The Labute approximate surface area is 146 Å². The van der Waals surface area contributed by atoms with E-state index in [0.717, 1.165) is 30.6 Å². The number of pyridine rings is 1. The predicted molar refractivity (Wildman–Crippen MR) is 91.1 cm³/mol. The van der Waals surface area contributed by atoms with Crippen LogP contribution in [0.15, 0.2) is 35.1 Å². The minimum Gasteiger partial charge on any atom is -0.490 e. The molecule has 1 atom stereocenters. The van der Waals surface area contributed by atoms with Crippen molar-refractivity contribution in [1.82, 2.24) is 10.3 Å². The fourth-order valence-corrected chi connectivity index (χ4v) is 2.87.